The molecule has 0 aliphatic carbocycles. The van der Waals surface area contributed by atoms with Crippen molar-refractivity contribution in [2.24, 2.45) is 0 Å². The van der Waals surface area contributed by atoms with Crippen LogP contribution in [0.3, 0.4) is 0 Å². The van der Waals surface area contributed by atoms with Crippen LogP contribution in [0.2, 0.25) is 0 Å². The summed E-state index contributed by atoms with van der Waals surface area (Å²) in [5.41, 5.74) is 2.79. The lowest BCUT2D eigenvalue weighted by atomic mass is 10.2. The zero-order chi connectivity index (χ0) is 11.4. The van der Waals surface area contributed by atoms with Crippen molar-refractivity contribution in [2.75, 3.05) is 38.1 Å². The molecule has 1 fully saturated rings. The summed E-state index contributed by atoms with van der Waals surface area (Å²) in [6, 6.07) is 8.70. The third kappa shape index (κ3) is 2.77. The van der Waals surface area contributed by atoms with Crippen molar-refractivity contribution in [2.45, 2.75) is 11.8 Å². The maximum atomic E-state index is 3.57. The summed E-state index contributed by atoms with van der Waals surface area (Å²) < 4.78 is 0. The van der Waals surface area contributed by atoms with Gasteiger partial charge in [-0.05, 0) is 31.6 Å². The quantitative estimate of drug-likeness (QED) is 0.770. The van der Waals surface area contributed by atoms with Crippen molar-refractivity contribution in [1.29, 1.82) is 0 Å². The van der Waals surface area contributed by atoms with E-state index in [2.05, 4.69) is 57.0 Å². The van der Waals surface area contributed by atoms with Gasteiger partial charge in [-0.1, -0.05) is 34.1 Å². The molecule has 0 aromatic heterocycles. The van der Waals surface area contributed by atoms with Crippen molar-refractivity contribution in [3.8, 4) is 0 Å². The predicted molar refractivity (Wildman–Crippen MR) is 73.4 cm³/mol. The van der Waals surface area contributed by atoms with E-state index in [1.165, 1.54) is 30.8 Å². The van der Waals surface area contributed by atoms with Gasteiger partial charge in [-0.2, -0.15) is 0 Å². The molecule has 1 aromatic carbocycles. The van der Waals surface area contributed by atoms with Gasteiger partial charge in [0.1, 0.15) is 0 Å². The molecule has 16 heavy (non-hydrogen) atoms. The molecule has 1 aliphatic rings. The smallest absolute Gasteiger partial charge is 0.0407 e. The topological polar surface area (TPSA) is 6.48 Å². The van der Waals surface area contributed by atoms with Gasteiger partial charge in [-0.3, -0.25) is 0 Å². The Hall–Kier alpha value is -0.540. The Morgan fingerprint density at radius 1 is 1.12 bits per heavy atom. The van der Waals surface area contributed by atoms with Crippen LogP contribution < -0.4 is 4.90 Å². The Balaban J connectivity index is 2.16. The first kappa shape index (κ1) is 11.9. The monoisotopic (exact) mass is 282 g/mol. The normalized spacial score (nSPS) is 18.5. The lowest BCUT2D eigenvalue weighted by Crippen LogP contribution is -2.29. The summed E-state index contributed by atoms with van der Waals surface area (Å²) in [4.78, 5) is 4.93. The van der Waals surface area contributed by atoms with Crippen molar-refractivity contribution in [1.82, 2.24) is 4.90 Å². The van der Waals surface area contributed by atoms with Gasteiger partial charge in [0.2, 0.25) is 0 Å². The number of nitrogens with zero attached hydrogens (tertiary/aromatic N) is 2. The van der Waals surface area contributed by atoms with Crippen LogP contribution >= 0.6 is 15.9 Å². The van der Waals surface area contributed by atoms with E-state index in [4.69, 9.17) is 0 Å². The van der Waals surface area contributed by atoms with E-state index in [0.29, 0.717) is 0 Å². The van der Waals surface area contributed by atoms with Crippen LogP contribution in [0.1, 0.15) is 12.0 Å². The fraction of sp³-hybridized carbons (Fsp3) is 0.538. The number of benzene rings is 1. The maximum absolute atomic E-state index is 3.57. The molecule has 2 nitrogen and oxygen atoms in total. The minimum Gasteiger partial charge on any atom is -0.370 e. The first-order valence-electron chi connectivity index (χ1n) is 5.88. The van der Waals surface area contributed by atoms with Crippen molar-refractivity contribution in [3.63, 3.8) is 0 Å². The molecular formula is C13H19BrN2. The van der Waals surface area contributed by atoms with Gasteiger partial charge >= 0.3 is 0 Å². The Morgan fingerprint density at radius 3 is 2.75 bits per heavy atom. The van der Waals surface area contributed by atoms with E-state index in [0.717, 1.165) is 18.4 Å². The van der Waals surface area contributed by atoms with Gasteiger partial charge in [0.05, 0.1) is 0 Å². The SMILES string of the molecule is CN1CCCN(c2ccccc2CBr)CC1. The van der Waals surface area contributed by atoms with Gasteiger partial charge in [0.15, 0.2) is 0 Å². The fourth-order valence-corrected chi connectivity index (χ4v) is 2.69. The summed E-state index contributed by atoms with van der Waals surface area (Å²) >= 11 is 3.57. The van der Waals surface area contributed by atoms with Gasteiger partial charge in [-0.15, -0.1) is 0 Å². The highest BCUT2D eigenvalue weighted by molar-refractivity contribution is 9.08. The van der Waals surface area contributed by atoms with E-state index in [-0.39, 0.29) is 0 Å². The number of para-hydroxylation sites is 1. The molecule has 88 valence electrons. The molecule has 1 heterocycles. The summed E-state index contributed by atoms with van der Waals surface area (Å²) in [7, 11) is 2.21. The van der Waals surface area contributed by atoms with Crippen LogP contribution in [0, 0.1) is 0 Å². The van der Waals surface area contributed by atoms with Crippen molar-refractivity contribution in [3.05, 3.63) is 29.8 Å². The molecule has 0 saturated carbocycles. The molecule has 1 saturated heterocycles. The summed E-state index contributed by atoms with van der Waals surface area (Å²) in [5, 5.41) is 0.940. The lowest BCUT2D eigenvalue weighted by Gasteiger charge is -2.25. The van der Waals surface area contributed by atoms with Crippen LogP contribution in [0.4, 0.5) is 5.69 Å². The number of alkyl halides is 1. The zero-order valence-corrected chi connectivity index (χ0v) is 11.4. The molecule has 1 aliphatic heterocycles. The second-order valence-electron chi connectivity index (χ2n) is 4.41. The Labute approximate surface area is 106 Å². The highest BCUT2D eigenvalue weighted by Crippen LogP contribution is 2.23. The zero-order valence-electron chi connectivity index (χ0n) is 9.82. The molecule has 1 aromatic rings. The molecule has 0 bridgehead atoms. The number of hydrogen-bond acceptors (Lipinski definition) is 2. The Morgan fingerprint density at radius 2 is 1.94 bits per heavy atom. The van der Waals surface area contributed by atoms with Crippen LogP contribution in [0.5, 0.6) is 0 Å². The second-order valence-corrected chi connectivity index (χ2v) is 4.97. The first-order chi connectivity index (χ1) is 7.81. The van der Waals surface area contributed by atoms with Crippen molar-refractivity contribution < 1.29 is 0 Å². The molecule has 0 spiro atoms. The fourth-order valence-electron chi connectivity index (χ4n) is 2.22. The average Bonchev–Trinajstić information content (AvgIpc) is 2.54. The molecule has 0 atom stereocenters. The van der Waals surface area contributed by atoms with Crippen LogP contribution in [-0.2, 0) is 5.33 Å². The molecule has 0 amide bonds. The third-order valence-electron chi connectivity index (χ3n) is 3.20. The number of rotatable bonds is 2. The minimum atomic E-state index is 0.940. The largest absolute Gasteiger partial charge is 0.370 e. The standard InChI is InChI=1S/C13H19BrN2/c1-15-7-4-8-16(10-9-15)13-6-3-2-5-12(13)11-14/h2-3,5-6H,4,7-11H2,1H3. The van der Waals surface area contributed by atoms with E-state index >= 15 is 0 Å². The van der Waals surface area contributed by atoms with E-state index in [1.54, 1.807) is 0 Å². The van der Waals surface area contributed by atoms with Gasteiger partial charge < -0.3 is 9.80 Å². The van der Waals surface area contributed by atoms with Crippen LogP contribution in [-0.4, -0.2) is 38.1 Å². The molecule has 3 heteroatoms. The van der Waals surface area contributed by atoms with Crippen molar-refractivity contribution >= 4 is 21.6 Å². The van der Waals surface area contributed by atoms with Crippen LogP contribution in [0.15, 0.2) is 24.3 Å². The summed E-state index contributed by atoms with van der Waals surface area (Å²) in [5.74, 6) is 0. The Kier molecular flexibility index (Phi) is 4.24. The predicted octanol–water partition coefficient (Wildman–Crippen LogP) is 2.72. The average molecular weight is 283 g/mol. The van der Waals surface area contributed by atoms with Gasteiger partial charge in [0.25, 0.3) is 0 Å². The second kappa shape index (κ2) is 5.69. The third-order valence-corrected chi connectivity index (χ3v) is 3.80. The molecule has 0 unspecified atom stereocenters. The highest BCUT2D eigenvalue weighted by atomic mass is 79.9. The molecule has 0 N–H and O–H groups in total. The van der Waals surface area contributed by atoms with Gasteiger partial charge in [0, 0.05) is 30.7 Å². The minimum absolute atomic E-state index is 0.940. The molecule has 0 radical (unpaired) electrons. The number of halogens is 1. The molecule has 2 rings (SSSR count). The summed E-state index contributed by atoms with van der Waals surface area (Å²) in [6.07, 6.45) is 1.26. The summed E-state index contributed by atoms with van der Waals surface area (Å²) in [6.45, 7) is 4.69. The molecular weight excluding hydrogens is 264 g/mol. The van der Waals surface area contributed by atoms with E-state index < -0.39 is 0 Å². The number of anilines is 1. The van der Waals surface area contributed by atoms with Crippen LogP contribution in [0.25, 0.3) is 0 Å². The Bertz CT molecular complexity index is 340. The lowest BCUT2D eigenvalue weighted by molar-refractivity contribution is 0.360. The van der Waals surface area contributed by atoms with E-state index in [1.807, 2.05) is 0 Å². The highest BCUT2D eigenvalue weighted by Gasteiger charge is 2.14. The van der Waals surface area contributed by atoms with Gasteiger partial charge in [-0.25, -0.2) is 0 Å². The van der Waals surface area contributed by atoms with E-state index in [9.17, 15) is 0 Å². The maximum Gasteiger partial charge on any atom is 0.0407 e. The first-order valence-corrected chi connectivity index (χ1v) is 7.01. The number of likely N-dealkylation sites (N-methyl/N-ethyl adjacent to an activating group) is 1. The number of hydrogen-bond donors (Lipinski definition) is 0.